The van der Waals surface area contributed by atoms with Crippen LogP contribution in [-0.2, 0) is 10.0 Å². The highest BCUT2D eigenvalue weighted by molar-refractivity contribution is 7.98. The number of nitrogens with one attached hydrogen (secondary N) is 2. The quantitative estimate of drug-likeness (QED) is 0.783. The van der Waals surface area contributed by atoms with Crippen molar-refractivity contribution in [1.29, 1.82) is 0 Å². The molecule has 0 aromatic carbocycles. The molecule has 2 N–H and O–H groups in total. The lowest BCUT2D eigenvalue weighted by Gasteiger charge is -2.12. The molecule has 0 saturated heterocycles. The predicted octanol–water partition coefficient (Wildman–Crippen LogP) is 0.830. The fourth-order valence-electron chi connectivity index (χ4n) is 1.07. The summed E-state index contributed by atoms with van der Waals surface area (Å²) in [7, 11) is -3.42. The van der Waals surface area contributed by atoms with E-state index in [0.717, 1.165) is 12.2 Å². The van der Waals surface area contributed by atoms with Crippen LogP contribution in [0, 0.1) is 0 Å². The van der Waals surface area contributed by atoms with Gasteiger partial charge in [-0.15, -0.1) is 0 Å². The Balaban J connectivity index is 2.57. The number of sulfonamides is 1. The molecular formula is C8H15N3O2S2. The minimum Gasteiger partial charge on any atom is -0.335 e. The van der Waals surface area contributed by atoms with Crippen LogP contribution in [0.2, 0.25) is 0 Å². The molecule has 1 atom stereocenters. The van der Waals surface area contributed by atoms with E-state index in [2.05, 4.69) is 14.7 Å². The van der Waals surface area contributed by atoms with Gasteiger partial charge < -0.3 is 4.98 Å². The number of aromatic nitrogens is 2. The molecular weight excluding hydrogens is 234 g/mol. The van der Waals surface area contributed by atoms with Crippen LogP contribution < -0.4 is 4.72 Å². The summed E-state index contributed by atoms with van der Waals surface area (Å²) in [5, 5.41) is 0.110. The van der Waals surface area contributed by atoms with Gasteiger partial charge in [-0.1, -0.05) is 0 Å². The Labute approximate surface area is 94.1 Å². The van der Waals surface area contributed by atoms with Crippen molar-refractivity contribution in [3.05, 3.63) is 12.5 Å². The number of aromatic amines is 1. The highest BCUT2D eigenvalue weighted by Gasteiger charge is 2.17. The maximum atomic E-state index is 11.7. The van der Waals surface area contributed by atoms with E-state index in [1.807, 2.05) is 13.2 Å². The van der Waals surface area contributed by atoms with Crippen LogP contribution in [0.5, 0.6) is 0 Å². The minimum absolute atomic E-state index is 0.0641. The predicted molar refractivity (Wildman–Crippen MR) is 61.4 cm³/mol. The van der Waals surface area contributed by atoms with Gasteiger partial charge in [-0.2, -0.15) is 11.8 Å². The zero-order valence-corrected chi connectivity index (χ0v) is 10.4. The van der Waals surface area contributed by atoms with Gasteiger partial charge in [-0.3, -0.25) is 0 Å². The standard InChI is InChI=1S/C8H15N3O2S2/c1-7(3-4-14-2)11-15(12,13)8-5-9-6-10-8/h5-7,11H,3-4H2,1-2H3,(H,9,10). The Morgan fingerprint density at radius 1 is 1.67 bits per heavy atom. The van der Waals surface area contributed by atoms with Crippen molar-refractivity contribution in [2.24, 2.45) is 0 Å². The normalized spacial score (nSPS) is 14.0. The highest BCUT2D eigenvalue weighted by Crippen LogP contribution is 2.06. The fourth-order valence-corrected chi connectivity index (χ4v) is 2.84. The van der Waals surface area contributed by atoms with Gasteiger partial charge in [0.05, 0.1) is 12.5 Å². The Morgan fingerprint density at radius 2 is 2.40 bits per heavy atom. The molecule has 0 spiro atoms. The van der Waals surface area contributed by atoms with Crippen molar-refractivity contribution in [2.75, 3.05) is 12.0 Å². The average Bonchev–Trinajstić information content (AvgIpc) is 2.67. The third kappa shape index (κ3) is 3.84. The molecule has 86 valence electrons. The fraction of sp³-hybridized carbons (Fsp3) is 0.625. The van der Waals surface area contributed by atoms with Gasteiger partial charge in [0.2, 0.25) is 0 Å². The van der Waals surface area contributed by atoms with Crippen molar-refractivity contribution in [2.45, 2.75) is 24.4 Å². The number of hydrogen-bond acceptors (Lipinski definition) is 4. The zero-order chi connectivity index (χ0) is 11.3. The van der Waals surface area contributed by atoms with Gasteiger partial charge in [0.1, 0.15) is 0 Å². The lowest BCUT2D eigenvalue weighted by Crippen LogP contribution is -2.33. The molecule has 0 aliphatic heterocycles. The Hall–Kier alpha value is -0.530. The Bertz CT molecular complexity index is 375. The summed E-state index contributed by atoms with van der Waals surface area (Å²) >= 11 is 1.70. The SMILES string of the molecule is CSCCC(C)NS(=O)(=O)c1cnc[nH]1. The highest BCUT2D eigenvalue weighted by atomic mass is 32.2. The largest absolute Gasteiger partial charge is 0.335 e. The third-order valence-corrected chi connectivity index (χ3v) is 4.03. The molecule has 0 aliphatic rings. The smallest absolute Gasteiger partial charge is 0.257 e. The molecule has 1 heterocycles. The first-order valence-electron chi connectivity index (χ1n) is 4.56. The number of rotatable bonds is 6. The first-order valence-corrected chi connectivity index (χ1v) is 7.43. The van der Waals surface area contributed by atoms with Crippen molar-refractivity contribution < 1.29 is 8.42 Å². The Morgan fingerprint density at radius 3 is 2.93 bits per heavy atom. The van der Waals surface area contributed by atoms with Crippen LogP contribution in [-0.4, -0.2) is 36.4 Å². The van der Waals surface area contributed by atoms with Gasteiger partial charge in [0.25, 0.3) is 10.0 Å². The maximum absolute atomic E-state index is 11.7. The second kappa shape index (κ2) is 5.53. The van der Waals surface area contributed by atoms with Gasteiger partial charge in [-0.05, 0) is 25.4 Å². The average molecular weight is 249 g/mol. The van der Waals surface area contributed by atoms with Crippen molar-refractivity contribution in [3.63, 3.8) is 0 Å². The molecule has 0 bridgehead atoms. The summed E-state index contributed by atoms with van der Waals surface area (Å²) in [5.41, 5.74) is 0. The Kier molecular flexibility index (Phi) is 4.62. The van der Waals surface area contributed by atoms with E-state index in [0.29, 0.717) is 0 Å². The summed E-state index contributed by atoms with van der Waals surface area (Å²) < 4.78 is 25.9. The first-order chi connectivity index (χ1) is 7.06. The van der Waals surface area contributed by atoms with Gasteiger partial charge in [0.15, 0.2) is 5.03 Å². The van der Waals surface area contributed by atoms with Crippen LogP contribution in [0.3, 0.4) is 0 Å². The lowest BCUT2D eigenvalue weighted by molar-refractivity contribution is 0.554. The van der Waals surface area contributed by atoms with Gasteiger partial charge in [0, 0.05) is 6.04 Å². The van der Waals surface area contributed by atoms with Crippen molar-refractivity contribution in [3.8, 4) is 0 Å². The van der Waals surface area contributed by atoms with Crippen LogP contribution in [0.15, 0.2) is 17.6 Å². The van der Waals surface area contributed by atoms with E-state index < -0.39 is 10.0 Å². The van der Waals surface area contributed by atoms with E-state index in [1.54, 1.807) is 11.8 Å². The van der Waals surface area contributed by atoms with E-state index >= 15 is 0 Å². The second-order valence-corrected chi connectivity index (χ2v) is 5.89. The number of imidazole rings is 1. The second-order valence-electron chi connectivity index (χ2n) is 3.22. The monoisotopic (exact) mass is 249 g/mol. The molecule has 15 heavy (non-hydrogen) atoms. The molecule has 7 heteroatoms. The van der Waals surface area contributed by atoms with E-state index in [1.165, 1.54) is 12.5 Å². The summed E-state index contributed by atoms with van der Waals surface area (Å²) in [6.45, 7) is 1.85. The molecule has 5 nitrogen and oxygen atoms in total. The van der Waals surface area contributed by atoms with E-state index in [-0.39, 0.29) is 11.1 Å². The van der Waals surface area contributed by atoms with Gasteiger partial charge in [-0.25, -0.2) is 18.1 Å². The summed E-state index contributed by atoms with van der Waals surface area (Å²) in [5.74, 6) is 0.937. The first kappa shape index (κ1) is 12.5. The molecule has 1 aromatic heterocycles. The number of nitrogens with zero attached hydrogens (tertiary/aromatic N) is 1. The molecule has 1 unspecified atom stereocenters. The van der Waals surface area contributed by atoms with E-state index in [4.69, 9.17) is 0 Å². The van der Waals surface area contributed by atoms with Crippen LogP contribution in [0.4, 0.5) is 0 Å². The molecule has 0 amide bonds. The van der Waals surface area contributed by atoms with Crippen molar-refractivity contribution in [1.82, 2.24) is 14.7 Å². The van der Waals surface area contributed by atoms with Crippen LogP contribution in [0.25, 0.3) is 0 Å². The van der Waals surface area contributed by atoms with Gasteiger partial charge >= 0.3 is 0 Å². The minimum atomic E-state index is -3.42. The van der Waals surface area contributed by atoms with E-state index in [9.17, 15) is 8.42 Å². The topological polar surface area (TPSA) is 74.8 Å². The van der Waals surface area contributed by atoms with Crippen molar-refractivity contribution >= 4 is 21.8 Å². The number of hydrogen-bond donors (Lipinski definition) is 2. The molecule has 0 aliphatic carbocycles. The zero-order valence-electron chi connectivity index (χ0n) is 8.73. The summed E-state index contributed by atoms with van der Waals surface area (Å²) in [6, 6.07) is -0.0641. The summed E-state index contributed by atoms with van der Waals surface area (Å²) in [6.07, 6.45) is 5.45. The molecule has 0 saturated carbocycles. The third-order valence-electron chi connectivity index (χ3n) is 1.87. The molecule has 1 aromatic rings. The molecule has 1 rings (SSSR count). The van der Waals surface area contributed by atoms with Crippen LogP contribution >= 0.6 is 11.8 Å². The maximum Gasteiger partial charge on any atom is 0.257 e. The molecule has 0 radical (unpaired) electrons. The lowest BCUT2D eigenvalue weighted by atomic mass is 10.3. The summed E-state index contributed by atoms with van der Waals surface area (Å²) in [4.78, 5) is 6.25. The number of thioether (sulfide) groups is 1. The molecule has 0 fully saturated rings. The number of H-pyrrole nitrogens is 1. The van der Waals surface area contributed by atoms with Crippen LogP contribution in [0.1, 0.15) is 13.3 Å².